The number of benzene rings is 1. The number of anilines is 1. The van der Waals surface area contributed by atoms with E-state index in [1.165, 1.54) is 7.11 Å². The molecule has 18 heavy (non-hydrogen) atoms. The molecule has 5 nitrogen and oxygen atoms in total. The lowest BCUT2D eigenvalue weighted by Gasteiger charge is -2.10. The average Bonchev–Trinajstić information content (AvgIpc) is 2.36. The number of hydrogen-bond donors (Lipinski definition) is 1. The van der Waals surface area contributed by atoms with Crippen LogP contribution in [0.1, 0.15) is 29.3 Å². The summed E-state index contributed by atoms with van der Waals surface area (Å²) in [7, 11) is 1.32. The molecule has 1 rings (SSSR count). The molecule has 0 saturated heterocycles. The third-order valence-electron chi connectivity index (χ3n) is 2.51. The van der Waals surface area contributed by atoms with Crippen molar-refractivity contribution < 1.29 is 19.1 Å². The molecule has 0 heterocycles. The minimum absolute atomic E-state index is 0.178. The van der Waals surface area contributed by atoms with Gasteiger partial charge in [0.15, 0.2) is 0 Å². The molecule has 0 saturated carbocycles. The molecule has 2 N–H and O–H groups in total. The fourth-order valence-corrected chi connectivity index (χ4v) is 1.61. The van der Waals surface area contributed by atoms with E-state index < -0.39 is 5.97 Å². The second kappa shape index (κ2) is 6.64. The van der Waals surface area contributed by atoms with E-state index in [-0.39, 0.29) is 12.4 Å². The zero-order valence-electron chi connectivity index (χ0n) is 10.6. The summed E-state index contributed by atoms with van der Waals surface area (Å²) in [6.07, 6.45) is 0.532. The molecule has 0 bridgehead atoms. The van der Waals surface area contributed by atoms with Gasteiger partial charge in [0.1, 0.15) is 0 Å². The first-order valence-corrected chi connectivity index (χ1v) is 5.71. The van der Waals surface area contributed by atoms with Crippen LogP contribution >= 0.6 is 0 Å². The number of ether oxygens (including phenoxy) is 2. The van der Waals surface area contributed by atoms with Crippen LogP contribution in [0.2, 0.25) is 0 Å². The minimum atomic E-state index is -0.426. The first kappa shape index (κ1) is 14.0. The van der Waals surface area contributed by atoms with Crippen LogP contribution in [-0.2, 0) is 20.7 Å². The summed E-state index contributed by atoms with van der Waals surface area (Å²) < 4.78 is 9.51. The zero-order valence-corrected chi connectivity index (χ0v) is 10.6. The standard InChI is InChI=1S/C13H17NO4/c1-3-18-13(16)10-5-4-6-11(14)9(10)7-8-12(15)17-2/h4-6H,3,7-8,14H2,1-2H3. The van der Waals surface area contributed by atoms with Crippen LogP contribution in [0.25, 0.3) is 0 Å². The maximum absolute atomic E-state index is 11.7. The molecule has 0 aliphatic heterocycles. The van der Waals surface area contributed by atoms with Crippen molar-refractivity contribution in [1.29, 1.82) is 0 Å². The zero-order chi connectivity index (χ0) is 13.5. The molecule has 0 unspecified atom stereocenters. The van der Waals surface area contributed by atoms with Crippen LogP contribution in [0.3, 0.4) is 0 Å². The lowest BCUT2D eigenvalue weighted by Crippen LogP contribution is -2.12. The van der Waals surface area contributed by atoms with Crippen molar-refractivity contribution in [2.45, 2.75) is 19.8 Å². The first-order chi connectivity index (χ1) is 8.60. The van der Waals surface area contributed by atoms with E-state index in [2.05, 4.69) is 4.74 Å². The summed E-state index contributed by atoms with van der Waals surface area (Å²) in [5.41, 5.74) is 7.33. The molecular formula is C13H17NO4. The Labute approximate surface area is 106 Å². The third-order valence-corrected chi connectivity index (χ3v) is 2.51. The molecule has 1 aromatic carbocycles. The van der Waals surface area contributed by atoms with Gasteiger partial charge in [0.2, 0.25) is 0 Å². The van der Waals surface area contributed by atoms with Gasteiger partial charge in [0, 0.05) is 12.1 Å². The van der Waals surface area contributed by atoms with Crippen molar-refractivity contribution in [1.82, 2.24) is 0 Å². The summed E-state index contributed by atoms with van der Waals surface area (Å²) in [6.45, 7) is 2.03. The predicted octanol–water partition coefficient (Wildman–Crippen LogP) is 1.55. The molecule has 0 aliphatic rings. The summed E-state index contributed by atoms with van der Waals surface area (Å²) in [6, 6.07) is 5.01. The van der Waals surface area contributed by atoms with Gasteiger partial charge < -0.3 is 15.2 Å². The van der Waals surface area contributed by atoms with Gasteiger partial charge in [-0.1, -0.05) is 6.07 Å². The molecule has 0 amide bonds. The van der Waals surface area contributed by atoms with Crippen molar-refractivity contribution in [3.05, 3.63) is 29.3 Å². The molecule has 0 aliphatic carbocycles. The van der Waals surface area contributed by atoms with Crippen molar-refractivity contribution in [3.63, 3.8) is 0 Å². The number of nitrogen functional groups attached to an aromatic ring is 1. The van der Waals surface area contributed by atoms with Crippen LogP contribution in [0, 0.1) is 0 Å². The number of hydrogen-bond acceptors (Lipinski definition) is 5. The molecule has 98 valence electrons. The number of rotatable bonds is 5. The maximum atomic E-state index is 11.7. The fourth-order valence-electron chi connectivity index (χ4n) is 1.61. The normalized spacial score (nSPS) is 9.89. The van der Waals surface area contributed by atoms with Crippen LogP contribution < -0.4 is 5.73 Å². The number of methoxy groups -OCH3 is 1. The van der Waals surface area contributed by atoms with Gasteiger partial charge in [-0.05, 0) is 31.0 Å². The van der Waals surface area contributed by atoms with E-state index in [9.17, 15) is 9.59 Å². The van der Waals surface area contributed by atoms with Gasteiger partial charge >= 0.3 is 11.9 Å². The molecule has 0 atom stereocenters. The van der Waals surface area contributed by atoms with Gasteiger partial charge in [-0.25, -0.2) is 4.79 Å². The summed E-state index contributed by atoms with van der Waals surface area (Å²) in [5.74, 6) is -0.766. The van der Waals surface area contributed by atoms with Gasteiger partial charge in [-0.3, -0.25) is 4.79 Å². The molecule has 0 fully saturated rings. The smallest absolute Gasteiger partial charge is 0.338 e. The highest BCUT2D eigenvalue weighted by Crippen LogP contribution is 2.20. The Kier molecular flexibility index (Phi) is 5.17. The Bertz CT molecular complexity index is 443. The van der Waals surface area contributed by atoms with Crippen LogP contribution in [0.5, 0.6) is 0 Å². The molecule has 0 radical (unpaired) electrons. The summed E-state index contributed by atoms with van der Waals surface area (Å²) >= 11 is 0. The minimum Gasteiger partial charge on any atom is -0.469 e. The van der Waals surface area contributed by atoms with E-state index in [1.807, 2.05) is 0 Å². The quantitative estimate of drug-likeness (QED) is 0.634. The second-order valence-corrected chi connectivity index (χ2v) is 3.67. The lowest BCUT2D eigenvalue weighted by molar-refractivity contribution is -0.140. The first-order valence-electron chi connectivity index (χ1n) is 5.71. The predicted molar refractivity (Wildman–Crippen MR) is 67.1 cm³/mol. The SMILES string of the molecule is CCOC(=O)c1cccc(N)c1CCC(=O)OC. The fraction of sp³-hybridized carbons (Fsp3) is 0.385. The lowest BCUT2D eigenvalue weighted by atomic mass is 10.0. The monoisotopic (exact) mass is 251 g/mol. The van der Waals surface area contributed by atoms with E-state index in [4.69, 9.17) is 10.5 Å². The Morgan fingerprint density at radius 3 is 2.67 bits per heavy atom. The molecule has 5 heteroatoms. The highest BCUT2D eigenvalue weighted by molar-refractivity contribution is 5.93. The highest BCUT2D eigenvalue weighted by atomic mass is 16.5. The largest absolute Gasteiger partial charge is 0.469 e. The third kappa shape index (κ3) is 3.48. The van der Waals surface area contributed by atoms with Gasteiger partial charge in [-0.15, -0.1) is 0 Å². The Balaban J connectivity index is 2.93. The maximum Gasteiger partial charge on any atom is 0.338 e. The molecule has 0 spiro atoms. The molecule has 1 aromatic rings. The average molecular weight is 251 g/mol. The number of carbonyl (C=O) groups excluding carboxylic acids is 2. The molecule has 0 aromatic heterocycles. The summed E-state index contributed by atoms with van der Waals surface area (Å²) in [4.78, 5) is 22.9. The van der Waals surface area contributed by atoms with E-state index in [0.29, 0.717) is 29.8 Å². The van der Waals surface area contributed by atoms with E-state index >= 15 is 0 Å². The van der Waals surface area contributed by atoms with Crippen LogP contribution in [0.15, 0.2) is 18.2 Å². The highest BCUT2D eigenvalue weighted by Gasteiger charge is 2.15. The van der Waals surface area contributed by atoms with Gasteiger partial charge in [-0.2, -0.15) is 0 Å². The Morgan fingerprint density at radius 1 is 1.33 bits per heavy atom. The number of esters is 2. The van der Waals surface area contributed by atoms with Crippen molar-refractivity contribution in [2.75, 3.05) is 19.5 Å². The van der Waals surface area contributed by atoms with Crippen LogP contribution in [0.4, 0.5) is 5.69 Å². The second-order valence-electron chi connectivity index (χ2n) is 3.67. The van der Waals surface area contributed by atoms with Crippen molar-refractivity contribution >= 4 is 17.6 Å². The molecular weight excluding hydrogens is 234 g/mol. The Hall–Kier alpha value is -2.04. The van der Waals surface area contributed by atoms with E-state index in [1.54, 1.807) is 25.1 Å². The number of nitrogens with two attached hydrogens (primary N) is 1. The van der Waals surface area contributed by atoms with Gasteiger partial charge in [0.05, 0.1) is 19.3 Å². The van der Waals surface area contributed by atoms with Gasteiger partial charge in [0.25, 0.3) is 0 Å². The van der Waals surface area contributed by atoms with Crippen LogP contribution in [-0.4, -0.2) is 25.7 Å². The topological polar surface area (TPSA) is 78.6 Å². The van der Waals surface area contributed by atoms with Crippen molar-refractivity contribution in [3.8, 4) is 0 Å². The number of carbonyl (C=O) groups is 2. The van der Waals surface area contributed by atoms with Crippen molar-refractivity contribution in [2.24, 2.45) is 0 Å². The van der Waals surface area contributed by atoms with E-state index in [0.717, 1.165) is 0 Å². The summed E-state index contributed by atoms with van der Waals surface area (Å²) in [5, 5.41) is 0. The Morgan fingerprint density at radius 2 is 2.06 bits per heavy atom.